The maximum Gasteiger partial charge on any atom is 0.225 e. The molecule has 3 aliphatic rings. The lowest BCUT2D eigenvalue weighted by atomic mass is 9.87. The van der Waals surface area contributed by atoms with Gasteiger partial charge in [-0.2, -0.15) is 0 Å². The summed E-state index contributed by atoms with van der Waals surface area (Å²) in [6.07, 6.45) is 21.8. The molecule has 1 heterocycles. The molecule has 0 spiro atoms. The minimum absolute atomic E-state index is 0.0999. The molecule has 6 nitrogen and oxygen atoms in total. The molecule has 1 amide bonds. The molecule has 6 heteroatoms. The van der Waals surface area contributed by atoms with Gasteiger partial charge in [0.25, 0.3) is 0 Å². The van der Waals surface area contributed by atoms with E-state index in [1.54, 1.807) is 0 Å². The van der Waals surface area contributed by atoms with Crippen molar-refractivity contribution in [3.63, 3.8) is 0 Å². The topological polar surface area (TPSA) is 63.9 Å². The minimum atomic E-state index is 0.0999. The van der Waals surface area contributed by atoms with Crippen molar-refractivity contribution in [1.29, 1.82) is 0 Å². The highest BCUT2D eigenvalue weighted by Crippen LogP contribution is 2.32. The minimum Gasteiger partial charge on any atom is -0.337 e. The number of hydrogen-bond donors (Lipinski definition) is 0. The van der Waals surface area contributed by atoms with Crippen LogP contribution < -0.4 is 0 Å². The van der Waals surface area contributed by atoms with Crippen LogP contribution in [0.25, 0.3) is 0 Å². The van der Waals surface area contributed by atoms with E-state index in [4.69, 9.17) is 0 Å². The molecule has 31 heavy (non-hydrogen) atoms. The second kappa shape index (κ2) is 11.4. The van der Waals surface area contributed by atoms with Gasteiger partial charge in [0.1, 0.15) is 0 Å². The van der Waals surface area contributed by atoms with E-state index in [1.807, 2.05) is 0 Å². The van der Waals surface area contributed by atoms with E-state index in [0.717, 1.165) is 25.1 Å². The van der Waals surface area contributed by atoms with Crippen LogP contribution in [0.15, 0.2) is 0 Å². The van der Waals surface area contributed by atoms with Gasteiger partial charge in [0, 0.05) is 24.4 Å². The fourth-order valence-electron chi connectivity index (χ4n) is 6.31. The van der Waals surface area contributed by atoms with E-state index < -0.39 is 0 Å². The van der Waals surface area contributed by atoms with Gasteiger partial charge in [-0.25, -0.2) is 4.68 Å². The molecule has 0 N–H and O–H groups in total. The number of aryl methyl sites for hydroxylation is 1. The molecule has 1 atom stereocenters. The molecule has 0 aromatic carbocycles. The van der Waals surface area contributed by atoms with Gasteiger partial charge in [-0.05, 0) is 61.8 Å². The molecule has 4 rings (SSSR count). The van der Waals surface area contributed by atoms with E-state index in [1.165, 1.54) is 96.3 Å². The lowest BCUT2D eigenvalue weighted by Gasteiger charge is -2.43. The molecule has 1 unspecified atom stereocenters. The van der Waals surface area contributed by atoms with Gasteiger partial charge in [-0.1, -0.05) is 64.7 Å². The van der Waals surface area contributed by atoms with Gasteiger partial charge in [-0.3, -0.25) is 4.79 Å². The third-order valence-electron chi connectivity index (χ3n) is 8.13. The molecule has 3 saturated carbocycles. The van der Waals surface area contributed by atoms with Crippen LogP contribution in [0, 0.1) is 5.92 Å². The maximum atomic E-state index is 13.6. The van der Waals surface area contributed by atoms with Crippen LogP contribution in [0.3, 0.4) is 0 Å². The number of carbonyl (C=O) groups is 1. The Morgan fingerprint density at radius 3 is 2.03 bits per heavy atom. The number of nitrogens with zero attached hydrogens (tertiary/aromatic N) is 5. The Hall–Kier alpha value is -1.46. The number of tetrazole rings is 1. The summed E-state index contributed by atoms with van der Waals surface area (Å²) >= 11 is 0. The number of hydrogen-bond acceptors (Lipinski definition) is 4. The van der Waals surface area contributed by atoms with E-state index >= 15 is 0 Å². The number of carbonyl (C=O) groups excluding carboxylic acids is 1. The highest BCUT2D eigenvalue weighted by atomic mass is 16.2. The first-order valence-corrected chi connectivity index (χ1v) is 13.3. The Morgan fingerprint density at radius 2 is 1.45 bits per heavy atom. The molecule has 3 fully saturated rings. The normalized spacial score (nSPS) is 23.0. The molecule has 174 valence electrons. The molecule has 3 aliphatic carbocycles. The van der Waals surface area contributed by atoms with Crippen molar-refractivity contribution in [2.75, 3.05) is 0 Å². The Kier molecular flexibility index (Phi) is 8.37. The fraction of sp³-hybridized carbons (Fsp3) is 0.920. The SMILES string of the molecule is CC(CCCc1nnnn1C1CCCCC1)C(=O)N(C1CCCCC1)C1CCCCC1. The van der Waals surface area contributed by atoms with Crippen molar-refractivity contribution in [1.82, 2.24) is 25.1 Å². The second-order valence-corrected chi connectivity index (χ2v) is 10.5. The van der Waals surface area contributed by atoms with Gasteiger partial charge < -0.3 is 4.90 Å². The third-order valence-corrected chi connectivity index (χ3v) is 8.13. The number of rotatable bonds is 8. The van der Waals surface area contributed by atoms with E-state index in [-0.39, 0.29) is 5.92 Å². The molecular formula is C25H43N5O. The summed E-state index contributed by atoms with van der Waals surface area (Å²) in [7, 11) is 0. The quantitative estimate of drug-likeness (QED) is 0.537. The van der Waals surface area contributed by atoms with Crippen molar-refractivity contribution in [2.45, 2.75) is 141 Å². The van der Waals surface area contributed by atoms with Crippen LogP contribution in [0.5, 0.6) is 0 Å². The zero-order valence-electron chi connectivity index (χ0n) is 19.7. The van der Waals surface area contributed by atoms with Crippen molar-refractivity contribution < 1.29 is 4.79 Å². The summed E-state index contributed by atoms with van der Waals surface area (Å²) in [5, 5.41) is 12.6. The largest absolute Gasteiger partial charge is 0.337 e. The van der Waals surface area contributed by atoms with E-state index in [2.05, 4.69) is 32.0 Å². The Balaban J connectivity index is 1.33. The second-order valence-electron chi connectivity index (χ2n) is 10.5. The van der Waals surface area contributed by atoms with E-state index in [9.17, 15) is 4.79 Å². The Labute approximate surface area is 188 Å². The maximum absolute atomic E-state index is 13.6. The predicted molar refractivity (Wildman–Crippen MR) is 123 cm³/mol. The Bertz CT molecular complexity index is 653. The molecule has 0 bridgehead atoms. The van der Waals surface area contributed by atoms with Crippen molar-refractivity contribution in [3.8, 4) is 0 Å². The summed E-state index contributed by atoms with van der Waals surface area (Å²) in [6.45, 7) is 2.16. The lowest BCUT2D eigenvalue weighted by molar-refractivity contribution is -0.142. The van der Waals surface area contributed by atoms with Crippen LogP contribution in [-0.4, -0.2) is 43.1 Å². The zero-order valence-corrected chi connectivity index (χ0v) is 19.7. The summed E-state index contributed by atoms with van der Waals surface area (Å²) in [5.74, 6) is 1.54. The molecule has 0 radical (unpaired) electrons. The van der Waals surface area contributed by atoms with Gasteiger partial charge >= 0.3 is 0 Å². The van der Waals surface area contributed by atoms with Crippen LogP contribution in [-0.2, 0) is 11.2 Å². The molecule has 1 aromatic heterocycles. The average Bonchev–Trinajstić information content (AvgIpc) is 3.30. The summed E-state index contributed by atoms with van der Waals surface area (Å²) in [4.78, 5) is 16.0. The highest BCUT2D eigenvalue weighted by molar-refractivity contribution is 5.79. The van der Waals surface area contributed by atoms with Crippen LogP contribution in [0.1, 0.15) is 128 Å². The summed E-state index contributed by atoms with van der Waals surface area (Å²) < 4.78 is 2.09. The average molecular weight is 430 g/mol. The van der Waals surface area contributed by atoms with Crippen molar-refractivity contribution in [2.24, 2.45) is 5.92 Å². The van der Waals surface area contributed by atoms with Gasteiger partial charge in [-0.15, -0.1) is 5.10 Å². The van der Waals surface area contributed by atoms with Gasteiger partial charge in [0.15, 0.2) is 5.82 Å². The molecule has 1 aromatic rings. The highest BCUT2D eigenvalue weighted by Gasteiger charge is 2.34. The fourth-order valence-corrected chi connectivity index (χ4v) is 6.31. The molecular weight excluding hydrogens is 386 g/mol. The first-order valence-electron chi connectivity index (χ1n) is 13.3. The van der Waals surface area contributed by atoms with E-state index in [0.29, 0.717) is 24.0 Å². The first kappa shape index (κ1) is 22.7. The predicted octanol–water partition coefficient (Wildman–Crippen LogP) is 5.63. The van der Waals surface area contributed by atoms with Gasteiger partial charge in [0.05, 0.1) is 6.04 Å². The summed E-state index contributed by atoms with van der Waals surface area (Å²) in [5.41, 5.74) is 0. The van der Waals surface area contributed by atoms with Gasteiger partial charge in [0.2, 0.25) is 5.91 Å². The monoisotopic (exact) mass is 429 g/mol. The lowest BCUT2D eigenvalue weighted by Crippen LogP contribution is -2.50. The first-order chi connectivity index (χ1) is 15.2. The summed E-state index contributed by atoms with van der Waals surface area (Å²) in [6, 6.07) is 1.46. The van der Waals surface area contributed by atoms with Crippen LogP contribution in [0.2, 0.25) is 0 Å². The van der Waals surface area contributed by atoms with Crippen LogP contribution in [0.4, 0.5) is 0 Å². The smallest absolute Gasteiger partial charge is 0.225 e. The number of amides is 1. The van der Waals surface area contributed by atoms with Crippen molar-refractivity contribution >= 4 is 5.91 Å². The zero-order chi connectivity index (χ0) is 21.5. The number of aromatic nitrogens is 4. The Morgan fingerprint density at radius 1 is 0.903 bits per heavy atom. The molecule has 0 aliphatic heterocycles. The van der Waals surface area contributed by atoms with Crippen molar-refractivity contribution in [3.05, 3.63) is 5.82 Å². The van der Waals surface area contributed by atoms with Crippen LogP contribution >= 0.6 is 0 Å². The third kappa shape index (κ3) is 5.87. The standard InChI is InChI=1S/C25H43N5O/c1-20(12-11-19-24-26-27-28-30(24)23-17-9-4-10-18-23)25(31)29(21-13-5-2-6-14-21)22-15-7-3-8-16-22/h20-23H,2-19H2,1H3. The molecule has 0 saturated heterocycles.